The van der Waals surface area contributed by atoms with E-state index in [1.807, 2.05) is 0 Å². The minimum Gasteiger partial charge on any atom is -0.329 e. The van der Waals surface area contributed by atoms with Crippen molar-refractivity contribution in [3.63, 3.8) is 0 Å². The molecule has 0 aliphatic heterocycles. The number of anilines is 1. The second-order valence-electron chi connectivity index (χ2n) is 5.75. The Hall–Kier alpha value is -1.49. The van der Waals surface area contributed by atoms with Gasteiger partial charge in [0.05, 0.1) is 11.1 Å². The topological polar surface area (TPSA) is 55.1 Å². The van der Waals surface area contributed by atoms with Gasteiger partial charge in [-0.3, -0.25) is 4.79 Å². The highest BCUT2D eigenvalue weighted by Crippen LogP contribution is 2.39. The molecule has 110 valence electrons. The van der Waals surface area contributed by atoms with Gasteiger partial charge in [-0.2, -0.15) is 0 Å². The van der Waals surface area contributed by atoms with Crippen LogP contribution in [0.2, 0.25) is 0 Å². The predicted molar refractivity (Wildman–Crippen MR) is 74.1 cm³/mol. The number of nitrogens with two attached hydrogens (primary N) is 1. The van der Waals surface area contributed by atoms with E-state index < -0.39 is 17.0 Å². The van der Waals surface area contributed by atoms with E-state index in [1.165, 1.54) is 0 Å². The first kappa shape index (κ1) is 14.9. The molecule has 3 nitrogen and oxygen atoms in total. The van der Waals surface area contributed by atoms with Gasteiger partial charge in [-0.05, 0) is 43.7 Å². The van der Waals surface area contributed by atoms with Crippen molar-refractivity contribution < 1.29 is 13.6 Å². The average Bonchev–Trinajstić information content (AvgIpc) is 2.44. The van der Waals surface area contributed by atoms with Gasteiger partial charge in [0.15, 0.2) is 0 Å². The van der Waals surface area contributed by atoms with Gasteiger partial charge in [-0.1, -0.05) is 6.92 Å². The zero-order valence-corrected chi connectivity index (χ0v) is 11.6. The lowest BCUT2D eigenvalue weighted by Crippen LogP contribution is -2.45. The third kappa shape index (κ3) is 2.98. The molecule has 1 aromatic rings. The van der Waals surface area contributed by atoms with Crippen LogP contribution in [-0.2, 0) is 4.79 Å². The van der Waals surface area contributed by atoms with E-state index in [9.17, 15) is 13.6 Å². The molecule has 3 N–H and O–H groups in total. The molecule has 0 aromatic heterocycles. The normalized spacial score (nSPS) is 26.3. The van der Waals surface area contributed by atoms with Crippen LogP contribution >= 0.6 is 0 Å². The summed E-state index contributed by atoms with van der Waals surface area (Å²) in [7, 11) is 0. The minimum atomic E-state index is -0.661. The van der Waals surface area contributed by atoms with Crippen LogP contribution in [0.3, 0.4) is 0 Å². The number of rotatable bonds is 3. The summed E-state index contributed by atoms with van der Waals surface area (Å²) in [6.07, 6.45) is 3.23. The summed E-state index contributed by atoms with van der Waals surface area (Å²) in [5.74, 6) is -0.957. The van der Waals surface area contributed by atoms with Crippen molar-refractivity contribution in [1.29, 1.82) is 0 Å². The van der Waals surface area contributed by atoms with Gasteiger partial charge in [-0.15, -0.1) is 0 Å². The molecule has 1 aliphatic rings. The van der Waals surface area contributed by atoms with E-state index in [0.29, 0.717) is 18.8 Å². The van der Waals surface area contributed by atoms with Crippen molar-refractivity contribution in [2.45, 2.75) is 32.6 Å². The smallest absolute Gasteiger partial charge is 0.231 e. The number of amides is 1. The van der Waals surface area contributed by atoms with E-state index in [-0.39, 0.29) is 18.1 Å². The van der Waals surface area contributed by atoms with Crippen molar-refractivity contribution in [2.75, 3.05) is 11.9 Å². The maximum absolute atomic E-state index is 13.6. The SMILES string of the molecule is CC1CCC(CN)(C(=O)Nc2cc(F)ccc2F)CC1. The van der Waals surface area contributed by atoms with Gasteiger partial charge in [0, 0.05) is 12.6 Å². The Bertz CT molecular complexity index is 497. The van der Waals surface area contributed by atoms with Crippen LogP contribution in [0.5, 0.6) is 0 Å². The fraction of sp³-hybridized carbons (Fsp3) is 0.533. The lowest BCUT2D eigenvalue weighted by atomic mass is 9.70. The maximum atomic E-state index is 13.6. The predicted octanol–water partition coefficient (Wildman–Crippen LogP) is 3.06. The van der Waals surface area contributed by atoms with Gasteiger partial charge in [0.25, 0.3) is 0 Å². The summed E-state index contributed by atoms with van der Waals surface area (Å²) in [4.78, 5) is 12.4. The van der Waals surface area contributed by atoms with Crippen LogP contribution in [0.1, 0.15) is 32.6 Å². The summed E-state index contributed by atoms with van der Waals surface area (Å²) in [5, 5.41) is 2.49. The van der Waals surface area contributed by atoms with Crippen molar-refractivity contribution in [3.8, 4) is 0 Å². The molecule has 0 radical (unpaired) electrons. The monoisotopic (exact) mass is 282 g/mol. The number of carbonyl (C=O) groups excluding carboxylic acids is 1. The molecule has 1 amide bonds. The Kier molecular flexibility index (Phi) is 4.38. The molecular formula is C15H20F2N2O. The fourth-order valence-corrected chi connectivity index (χ4v) is 2.69. The van der Waals surface area contributed by atoms with Gasteiger partial charge in [-0.25, -0.2) is 8.78 Å². The summed E-state index contributed by atoms with van der Waals surface area (Å²) in [6.45, 7) is 2.37. The number of benzene rings is 1. The molecule has 1 aliphatic carbocycles. The standard InChI is InChI=1S/C15H20F2N2O/c1-10-4-6-15(9-18,7-5-10)14(20)19-13-8-11(16)2-3-12(13)17/h2-3,8,10H,4-7,9,18H2,1H3,(H,19,20). The van der Waals surface area contributed by atoms with Gasteiger partial charge in [0.2, 0.25) is 5.91 Å². The Morgan fingerprint density at radius 1 is 1.40 bits per heavy atom. The first-order valence-electron chi connectivity index (χ1n) is 6.93. The fourth-order valence-electron chi connectivity index (χ4n) is 2.69. The molecule has 1 saturated carbocycles. The third-order valence-electron chi connectivity index (χ3n) is 4.28. The lowest BCUT2D eigenvalue weighted by Gasteiger charge is -2.37. The molecule has 0 heterocycles. The lowest BCUT2D eigenvalue weighted by molar-refractivity contribution is -0.127. The molecule has 0 spiro atoms. The highest BCUT2D eigenvalue weighted by Gasteiger charge is 2.40. The van der Waals surface area contributed by atoms with E-state index >= 15 is 0 Å². The second-order valence-corrected chi connectivity index (χ2v) is 5.75. The van der Waals surface area contributed by atoms with Crippen molar-refractivity contribution >= 4 is 11.6 Å². The van der Waals surface area contributed by atoms with Gasteiger partial charge < -0.3 is 11.1 Å². The van der Waals surface area contributed by atoms with Crippen LogP contribution in [0.4, 0.5) is 14.5 Å². The zero-order chi connectivity index (χ0) is 14.8. The highest BCUT2D eigenvalue weighted by atomic mass is 19.1. The molecule has 0 atom stereocenters. The Morgan fingerprint density at radius 2 is 2.05 bits per heavy atom. The number of hydrogen-bond acceptors (Lipinski definition) is 2. The zero-order valence-electron chi connectivity index (χ0n) is 11.6. The van der Waals surface area contributed by atoms with E-state index in [4.69, 9.17) is 5.73 Å². The molecule has 0 unspecified atom stereocenters. The quantitative estimate of drug-likeness (QED) is 0.895. The summed E-state index contributed by atoms with van der Waals surface area (Å²) in [5.41, 5.74) is 4.99. The largest absolute Gasteiger partial charge is 0.329 e. The Balaban J connectivity index is 2.15. The number of hydrogen-bond donors (Lipinski definition) is 2. The third-order valence-corrected chi connectivity index (χ3v) is 4.28. The minimum absolute atomic E-state index is 0.124. The van der Waals surface area contributed by atoms with Crippen molar-refractivity contribution in [1.82, 2.24) is 0 Å². The summed E-state index contributed by atoms with van der Waals surface area (Å²) < 4.78 is 26.7. The number of halogens is 2. The van der Waals surface area contributed by atoms with Crippen LogP contribution in [-0.4, -0.2) is 12.5 Å². The first-order chi connectivity index (χ1) is 9.47. The van der Waals surface area contributed by atoms with E-state index in [2.05, 4.69) is 12.2 Å². The van der Waals surface area contributed by atoms with Crippen LogP contribution < -0.4 is 11.1 Å². The molecule has 0 bridgehead atoms. The molecule has 2 rings (SSSR count). The molecule has 1 fully saturated rings. The Morgan fingerprint density at radius 3 is 2.65 bits per heavy atom. The van der Waals surface area contributed by atoms with Gasteiger partial charge >= 0.3 is 0 Å². The van der Waals surface area contributed by atoms with Crippen LogP contribution in [0, 0.1) is 23.0 Å². The van der Waals surface area contributed by atoms with Crippen LogP contribution in [0.25, 0.3) is 0 Å². The van der Waals surface area contributed by atoms with Crippen LogP contribution in [0.15, 0.2) is 18.2 Å². The highest BCUT2D eigenvalue weighted by molar-refractivity contribution is 5.95. The number of nitrogens with one attached hydrogen (secondary N) is 1. The maximum Gasteiger partial charge on any atom is 0.231 e. The molecule has 5 heteroatoms. The number of carbonyl (C=O) groups is 1. The second kappa shape index (κ2) is 5.87. The average molecular weight is 282 g/mol. The Labute approximate surface area is 117 Å². The molecule has 0 saturated heterocycles. The van der Waals surface area contributed by atoms with Gasteiger partial charge in [0.1, 0.15) is 11.6 Å². The van der Waals surface area contributed by atoms with E-state index in [1.54, 1.807) is 0 Å². The first-order valence-corrected chi connectivity index (χ1v) is 6.93. The summed E-state index contributed by atoms with van der Waals surface area (Å²) >= 11 is 0. The molecule has 20 heavy (non-hydrogen) atoms. The van der Waals surface area contributed by atoms with Crippen molar-refractivity contribution in [3.05, 3.63) is 29.8 Å². The van der Waals surface area contributed by atoms with Crippen molar-refractivity contribution in [2.24, 2.45) is 17.1 Å². The summed E-state index contributed by atoms with van der Waals surface area (Å²) in [6, 6.07) is 3.01. The molecule has 1 aromatic carbocycles. The molecular weight excluding hydrogens is 262 g/mol. The van der Waals surface area contributed by atoms with E-state index in [0.717, 1.165) is 31.0 Å².